The molecular weight excluding hydrogens is 276 g/mol. The Hall–Kier alpha value is -0.610. The van der Waals surface area contributed by atoms with Gasteiger partial charge in [0.15, 0.2) is 0 Å². The van der Waals surface area contributed by atoms with Crippen LogP contribution in [0.4, 0.5) is 0 Å². The largest absolute Gasteiger partial charge is 0.389 e. The molecule has 2 rings (SSSR count). The Morgan fingerprint density at radius 1 is 1.27 bits per heavy atom. The Kier molecular flexibility index (Phi) is 6.69. The first kappa shape index (κ1) is 17.7. The van der Waals surface area contributed by atoms with Crippen LogP contribution in [0.15, 0.2) is 0 Å². The lowest BCUT2D eigenvalue weighted by atomic mass is 9.93. The van der Waals surface area contributed by atoms with Crippen molar-refractivity contribution in [2.45, 2.75) is 70.3 Å². The van der Waals surface area contributed by atoms with E-state index >= 15 is 0 Å². The average molecular weight is 310 g/mol. The molecule has 0 aromatic rings. The molecule has 1 saturated carbocycles. The zero-order valence-electron chi connectivity index (χ0n) is 14.5. The van der Waals surface area contributed by atoms with E-state index in [9.17, 15) is 9.90 Å². The SMILES string of the molecule is CCCCN(C)CC1CCN(C(=O)CC2(O)CCCC2)CC1. The summed E-state index contributed by atoms with van der Waals surface area (Å²) in [5.41, 5.74) is -0.700. The summed E-state index contributed by atoms with van der Waals surface area (Å²) in [7, 11) is 2.21. The summed E-state index contributed by atoms with van der Waals surface area (Å²) in [5, 5.41) is 10.4. The van der Waals surface area contributed by atoms with Crippen molar-refractivity contribution in [3.05, 3.63) is 0 Å². The molecule has 1 aliphatic heterocycles. The summed E-state index contributed by atoms with van der Waals surface area (Å²) >= 11 is 0. The minimum atomic E-state index is -0.700. The molecule has 1 aliphatic carbocycles. The molecule has 0 unspecified atom stereocenters. The van der Waals surface area contributed by atoms with Gasteiger partial charge in [-0.25, -0.2) is 0 Å². The van der Waals surface area contributed by atoms with E-state index in [1.807, 2.05) is 4.90 Å². The highest BCUT2D eigenvalue weighted by Gasteiger charge is 2.35. The molecule has 1 N–H and O–H groups in total. The van der Waals surface area contributed by atoms with Gasteiger partial charge in [0, 0.05) is 19.6 Å². The normalized spacial score (nSPS) is 22.5. The summed E-state index contributed by atoms with van der Waals surface area (Å²) in [6.45, 7) is 6.33. The van der Waals surface area contributed by atoms with E-state index in [-0.39, 0.29) is 5.91 Å². The molecule has 4 heteroatoms. The van der Waals surface area contributed by atoms with E-state index < -0.39 is 5.60 Å². The molecule has 0 spiro atoms. The van der Waals surface area contributed by atoms with E-state index in [1.165, 1.54) is 19.4 Å². The standard InChI is InChI=1S/C18H34N2O2/c1-3-4-11-19(2)15-16-7-12-20(13-8-16)17(21)14-18(22)9-5-6-10-18/h16,22H,3-15H2,1-2H3. The van der Waals surface area contributed by atoms with Gasteiger partial charge < -0.3 is 14.9 Å². The number of hydrogen-bond acceptors (Lipinski definition) is 3. The lowest BCUT2D eigenvalue weighted by Gasteiger charge is -2.35. The van der Waals surface area contributed by atoms with Crippen LogP contribution in [0.3, 0.4) is 0 Å². The van der Waals surface area contributed by atoms with Crippen LogP contribution >= 0.6 is 0 Å². The highest BCUT2D eigenvalue weighted by molar-refractivity contribution is 5.77. The van der Waals surface area contributed by atoms with Crippen molar-refractivity contribution in [3.63, 3.8) is 0 Å². The molecule has 2 fully saturated rings. The van der Waals surface area contributed by atoms with Crippen LogP contribution < -0.4 is 0 Å². The van der Waals surface area contributed by atoms with Crippen molar-refractivity contribution in [3.8, 4) is 0 Å². The molecule has 22 heavy (non-hydrogen) atoms. The Morgan fingerprint density at radius 2 is 1.91 bits per heavy atom. The fraction of sp³-hybridized carbons (Fsp3) is 0.944. The third-order valence-corrected chi connectivity index (χ3v) is 5.45. The average Bonchev–Trinajstić information content (AvgIpc) is 2.92. The molecule has 0 atom stereocenters. The number of carbonyl (C=O) groups excluding carboxylic acids is 1. The maximum absolute atomic E-state index is 12.4. The molecule has 1 amide bonds. The molecule has 1 heterocycles. The van der Waals surface area contributed by atoms with E-state index in [0.29, 0.717) is 6.42 Å². The van der Waals surface area contributed by atoms with Gasteiger partial charge in [-0.15, -0.1) is 0 Å². The van der Waals surface area contributed by atoms with Crippen LogP contribution in [0.5, 0.6) is 0 Å². The minimum absolute atomic E-state index is 0.169. The Bertz CT molecular complexity index is 345. The van der Waals surface area contributed by atoms with Gasteiger partial charge in [0.05, 0.1) is 12.0 Å². The highest BCUT2D eigenvalue weighted by Crippen LogP contribution is 2.33. The van der Waals surface area contributed by atoms with E-state index in [0.717, 1.165) is 64.1 Å². The lowest BCUT2D eigenvalue weighted by Crippen LogP contribution is -2.43. The van der Waals surface area contributed by atoms with Crippen molar-refractivity contribution in [1.82, 2.24) is 9.80 Å². The quantitative estimate of drug-likeness (QED) is 0.786. The molecule has 0 aromatic carbocycles. The van der Waals surface area contributed by atoms with E-state index in [2.05, 4.69) is 18.9 Å². The maximum atomic E-state index is 12.4. The lowest BCUT2D eigenvalue weighted by molar-refractivity contribution is -0.137. The second-order valence-corrected chi connectivity index (χ2v) is 7.55. The number of rotatable bonds is 7. The van der Waals surface area contributed by atoms with Gasteiger partial charge >= 0.3 is 0 Å². The smallest absolute Gasteiger partial charge is 0.225 e. The topological polar surface area (TPSA) is 43.8 Å². The second-order valence-electron chi connectivity index (χ2n) is 7.55. The monoisotopic (exact) mass is 310 g/mol. The summed E-state index contributed by atoms with van der Waals surface area (Å²) < 4.78 is 0. The number of likely N-dealkylation sites (tertiary alicyclic amines) is 1. The molecule has 0 radical (unpaired) electrons. The Balaban J connectivity index is 1.69. The highest BCUT2D eigenvalue weighted by atomic mass is 16.3. The number of amides is 1. The van der Waals surface area contributed by atoms with Crippen molar-refractivity contribution in [1.29, 1.82) is 0 Å². The van der Waals surface area contributed by atoms with Gasteiger partial charge in [0.1, 0.15) is 0 Å². The van der Waals surface area contributed by atoms with Crippen molar-refractivity contribution in [2.75, 3.05) is 33.2 Å². The van der Waals surface area contributed by atoms with Crippen molar-refractivity contribution in [2.24, 2.45) is 5.92 Å². The van der Waals surface area contributed by atoms with Crippen LogP contribution in [0.1, 0.15) is 64.7 Å². The van der Waals surface area contributed by atoms with Gasteiger partial charge in [-0.3, -0.25) is 4.79 Å². The predicted octanol–water partition coefficient (Wildman–Crippen LogP) is 2.65. The molecular formula is C18H34N2O2. The molecule has 4 nitrogen and oxygen atoms in total. The second kappa shape index (κ2) is 8.30. The van der Waals surface area contributed by atoms with Gasteiger partial charge in [0.2, 0.25) is 5.91 Å². The fourth-order valence-corrected chi connectivity index (χ4v) is 3.93. The van der Waals surface area contributed by atoms with Gasteiger partial charge in [0.25, 0.3) is 0 Å². The first-order valence-corrected chi connectivity index (χ1v) is 9.21. The third kappa shape index (κ3) is 5.24. The van der Waals surface area contributed by atoms with Gasteiger partial charge in [-0.05, 0) is 51.6 Å². The minimum Gasteiger partial charge on any atom is -0.389 e. The summed E-state index contributed by atoms with van der Waals surface area (Å²) in [4.78, 5) is 16.8. The molecule has 0 bridgehead atoms. The van der Waals surface area contributed by atoms with Crippen molar-refractivity contribution >= 4 is 5.91 Å². The van der Waals surface area contributed by atoms with Gasteiger partial charge in [-0.1, -0.05) is 26.2 Å². The van der Waals surface area contributed by atoms with Crippen LogP contribution in [-0.4, -0.2) is 59.6 Å². The molecule has 2 aliphatic rings. The van der Waals surface area contributed by atoms with Crippen LogP contribution in [0.2, 0.25) is 0 Å². The summed E-state index contributed by atoms with van der Waals surface area (Å²) in [5.74, 6) is 0.891. The zero-order valence-corrected chi connectivity index (χ0v) is 14.5. The third-order valence-electron chi connectivity index (χ3n) is 5.45. The van der Waals surface area contributed by atoms with Crippen LogP contribution in [0.25, 0.3) is 0 Å². The van der Waals surface area contributed by atoms with E-state index in [4.69, 9.17) is 0 Å². The number of nitrogens with zero attached hydrogens (tertiary/aromatic N) is 2. The predicted molar refractivity (Wildman–Crippen MR) is 89.7 cm³/mol. The molecule has 0 aromatic heterocycles. The first-order valence-electron chi connectivity index (χ1n) is 9.21. The summed E-state index contributed by atoms with van der Waals surface area (Å²) in [6.07, 6.45) is 8.82. The van der Waals surface area contributed by atoms with Crippen LogP contribution in [-0.2, 0) is 4.79 Å². The van der Waals surface area contributed by atoms with E-state index in [1.54, 1.807) is 0 Å². The number of aliphatic hydroxyl groups is 1. The zero-order chi connectivity index (χ0) is 16.0. The number of unbranched alkanes of at least 4 members (excludes halogenated alkanes) is 1. The Morgan fingerprint density at radius 3 is 2.50 bits per heavy atom. The summed E-state index contributed by atoms with van der Waals surface area (Å²) in [6, 6.07) is 0. The van der Waals surface area contributed by atoms with Gasteiger partial charge in [-0.2, -0.15) is 0 Å². The first-order chi connectivity index (χ1) is 10.5. The number of piperidine rings is 1. The fourth-order valence-electron chi connectivity index (χ4n) is 3.93. The van der Waals surface area contributed by atoms with Crippen LogP contribution in [0, 0.1) is 5.92 Å². The van der Waals surface area contributed by atoms with Crippen molar-refractivity contribution < 1.29 is 9.90 Å². The number of hydrogen-bond donors (Lipinski definition) is 1. The molecule has 1 saturated heterocycles. The number of carbonyl (C=O) groups is 1. The maximum Gasteiger partial charge on any atom is 0.225 e. The Labute approximate surface area is 135 Å². The molecule has 128 valence electrons.